The lowest BCUT2D eigenvalue weighted by Gasteiger charge is -2.29. The van der Waals surface area contributed by atoms with E-state index in [1.807, 2.05) is 30.3 Å². The second-order valence-corrected chi connectivity index (χ2v) is 19.1. The van der Waals surface area contributed by atoms with Crippen LogP contribution in [0.4, 0.5) is 11.4 Å². The van der Waals surface area contributed by atoms with E-state index < -0.39 is 11.3 Å². The molecule has 1 saturated carbocycles. The van der Waals surface area contributed by atoms with Gasteiger partial charge in [0.05, 0.1) is 5.56 Å². The molecule has 4 aromatic carbocycles. The van der Waals surface area contributed by atoms with Gasteiger partial charge in [0.2, 0.25) is 0 Å². The van der Waals surface area contributed by atoms with Crippen LogP contribution in [-0.2, 0) is 6.42 Å². The number of carbonyl (C=O) groups excluding carboxylic acids is 1. The Bertz CT molecular complexity index is 2350. The number of nitrogens with one attached hydrogen (secondary N) is 1. The van der Waals surface area contributed by atoms with Crippen molar-refractivity contribution in [1.29, 1.82) is 0 Å². The number of anilines is 2. The fourth-order valence-electron chi connectivity index (χ4n) is 8.70. The molecule has 2 aliphatic carbocycles. The van der Waals surface area contributed by atoms with Gasteiger partial charge in [-0.15, -0.1) is 0 Å². The molecular formula is C52H61N3O3S. The summed E-state index contributed by atoms with van der Waals surface area (Å²) < 4.78 is 6.52. The number of benzene rings is 5. The van der Waals surface area contributed by atoms with E-state index in [4.69, 9.17) is 9.40 Å². The van der Waals surface area contributed by atoms with Gasteiger partial charge in [-0.05, 0) is 120 Å². The first-order valence-electron chi connectivity index (χ1n) is 21.9. The number of amides is 1. The van der Waals surface area contributed by atoms with Crippen molar-refractivity contribution in [2.24, 2.45) is 23.7 Å². The molecule has 1 fully saturated rings. The van der Waals surface area contributed by atoms with E-state index in [1.165, 1.54) is 66.8 Å². The van der Waals surface area contributed by atoms with Crippen LogP contribution in [0, 0.1) is 23.7 Å². The molecule has 0 aromatic heterocycles. The van der Waals surface area contributed by atoms with Gasteiger partial charge in [0.1, 0.15) is 11.2 Å². The summed E-state index contributed by atoms with van der Waals surface area (Å²) in [6.07, 6.45) is 8.96. The number of hydrogen-bond donors (Lipinski definition) is 1. The summed E-state index contributed by atoms with van der Waals surface area (Å²) in [5.41, 5.74) is 8.15. The van der Waals surface area contributed by atoms with Crippen LogP contribution in [-0.4, -0.2) is 24.0 Å². The molecule has 7 heteroatoms. The molecular weight excluding hydrogens is 747 g/mol. The van der Waals surface area contributed by atoms with Gasteiger partial charge >= 0.3 is 0 Å². The van der Waals surface area contributed by atoms with E-state index >= 15 is 0 Å². The van der Waals surface area contributed by atoms with Crippen LogP contribution >= 0.6 is 11.8 Å². The Morgan fingerprint density at radius 2 is 1.44 bits per heavy atom. The molecule has 0 atom stereocenters. The average molecular weight is 808 g/mol. The number of fused-ring (bicyclic) bond motifs is 2. The van der Waals surface area contributed by atoms with Gasteiger partial charge < -0.3 is 14.6 Å². The van der Waals surface area contributed by atoms with Crippen LogP contribution in [0.2, 0.25) is 0 Å². The maximum atomic E-state index is 13.5. The van der Waals surface area contributed by atoms with Crippen LogP contribution in [0.15, 0.2) is 116 Å². The van der Waals surface area contributed by atoms with Gasteiger partial charge in [0, 0.05) is 46.4 Å². The topological polar surface area (TPSA) is 75.4 Å². The van der Waals surface area contributed by atoms with E-state index in [-0.39, 0.29) is 5.56 Å². The predicted molar refractivity (Wildman–Crippen MR) is 247 cm³/mol. The molecule has 0 radical (unpaired) electrons. The van der Waals surface area contributed by atoms with Crippen LogP contribution in [0.1, 0.15) is 114 Å². The van der Waals surface area contributed by atoms with E-state index in [9.17, 15) is 9.59 Å². The van der Waals surface area contributed by atoms with Crippen molar-refractivity contribution in [3.05, 3.63) is 124 Å². The highest BCUT2D eigenvalue weighted by molar-refractivity contribution is 7.99. The Balaban J connectivity index is 1.18. The Hall–Kier alpha value is -4.88. The van der Waals surface area contributed by atoms with Gasteiger partial charge in [0.15, 0.2) is 16.8 Å². The second-order valence-electron chi connectivity index (χ2n) is 18.0. The largest absolute Gasteiger partial charge is 0.453 e. The monoisotopic (exact) mass is 807 g/mol. The third kappa shape index (κ3) is 10.7. The maximum Gasteiger partial charge on any atom is 0.259 e. The smallest absolute Gasteiger partial charge is 0.259 e. The molecule has 0 unspecified atom stereocenters. The minimum atomic E-state index is -0.470. The van der Waals surface area contributed by atoms with Crippen molar-refractivity contribution in [1.82, 2.24) is 4.98 Å². The zero-order chi connectivity index (χ0) is 41.6. The predicted octanol–water partition coefficient (Wildman–Crippen LogP) is 13.8. The molecule has 59 heavy (non-hydrogen) atoms. The highest BCUT2D eigenvalue weighted by Gasteiger charge is 2.23. The summed E-state index contributed by atoms with van der Waals surface area (Å²) in [6, 6.07) is 33.0. The highest BCUT2D eigenvalue weighted by Crippen LogP contribution is 2.41. The van der Waals surface area contributed by atoms with Crippen LogP contribution in [0.25, 0.3) is 33.7 Å². The Morgan fingerprint density at radius 1 is 0.797 bits per heavy atom. The molecule has 3 aliphatic rings. The molecule has 1 aliphatic heterocycles. The van der Waals surface area contributed by atoms with E-state index in [0.717, 1.165) is 40.9 Å². The lowest BCUT2D eigenvalue weighted by Crippen LogP contribution is -2.31. The average Bonchev–Trinajstić information content (AvgIpc) is 3.20. The second kappa shape index (κ2) is 19.0. The van der Waals surface area contributed by atoms with Crippen molar-refractivity contribution < 1.29 is 9.21 Å². The van der Waals surface area contributed by atoms with Crippen molar-refractivity contribution in [3.8, 4) is 22.6 Å². The first kappa shape index (κ1) is 42.3. The summed E-state index contributed by atoms with van der Waals surface area (Å²) in [5.74, 6) is 2.93. The third-order valence-corrected chi connectivity index (χ3v) is 12.6. The SMILES string of the molecule is CCCC1CCC(c2ccc(-c3ccc(Sc4cc(N(CC(C)C)CC(C)C)cc5oc6cc(=O)c(C(=O)Nc7ccc(CC(C)C)cc7)cc-6nc45)cc3)cc2)CC1. The zero-order valence-corrected chi connectivity index (χ0v) is 36.8. The fourth-order valence-corrected chi connectivity index (χ4v) is 9.64. The zero-order valence-electron chi connectivity index (χ0n) is 36.0. The Morgan fingerprint density at radius 3 is 2.05 bits per heavy atom. The molecule has 0 bridgehead atoms. The number of aromatic nitrogens is 1. The third-order valence-electron chi connectivity index (χ3n) is 11.5. The Labute approximate surface area is 355 Å². The number of rotatable bonds is 15. The van der Waals surface area contributed by atoms with Gasteiger partial charge in [-0.2, -0.15) is 0 Å². The number of carbonyl (C=O) groups is 1. The molecule has 0 spiro atoms. The molecule has 1 N–H and O–H groups in total. The molecule has 1 amide bonds. The summed E-state index contributed by atoms with van der Waals surface area (Å²) >= 11 is 1.65. The van der Waals surface area contributed by atoms with E-state index in [1.54, 1.807) is 17.8 Å². The molecule has 308 valence electrons. The minimum Gasteiger partial charge on any atom is -0.453 e. The number of hydrogen-bond acceptors (Lipinski definition) is 6. The fraction of sp³-hybridized carbons (Fsp3) is 0.404. The van der Waals surface area contributed by atoms with Crippen molar-refractivity contribution in [2.75, 3.05) is 23.3 Å². The van der Waals surface area contributed by atoms with Crippen LogP contribution in [0.5, 0.6) is 0 Å². The molecule has 6 nitrogen and oxygen atoms in total. The molecule has 0 saturated heterocycles. The van der Waals surface area contributed by atoms with Crippen LogP contribution in [0.3, 0.4) is 0 Å². The van der Waals surface area contributed by atoms with Crippen molar-refractivity contribution in [2.45, 2.75) is 109 Å². The summed E-state index contributed by atoms with van der Waals surface area (Å²) in [7, 11) is 0. The van der Waals surface area contributed by atoms with E-state index in [2.05, 4.69) is 113 Å². The minimum absolute atomic E-state index is 0.0275. The van der Waals surface area contributed by atoms with Crippen molar-refractivity contribution in [3.63, 3.8) is 0 Å². The summed E-state index contributed by atoms with van der Waals surface area (Å²) in [4.78, 5) is 36.4. The standard InChI is InChI=1S/C52H61N3O3S/c1-8-9-36-10-14-38(15-11-36)39-16-18-40(19-17-39)41-20-24-44(25-21-41)59-50-28-43(55(31-34(4)5)32-35(6)7)27-49-51(50)54-46-29-45(47(56)30-48(46)58-49)52(57)53-42-22-12-37(13-23-42)26-33(2)3/h12-13,16-25,27-30,33-36,38H,8-11,14-15,26,31-32H2,1-7H3,(H,53,57). The first-order chi connectivity index (χ1) is 28.4. The normalized spacial score (nSPS) is 15.8. The maximum absolute atomic E-state index is 13.5. The van der Waals surface area contributed by atoms with Crippen LogP contribution < -0.4 is 15.6 Å². The van der Waals surface area contributed by atoms with Gasteiger partial charge in [-0.1, -0.05) is 122 Å². The summed E-state index contributed by atoms with van der Waals surface area (Å²) in [6.45, 7) is 17.4. The summed E-state index contributed by atoms with van der Waals surface area (Å²) in [5, 5.41) is 2.91. The van der Waals surface area contributed by atoms with Crippen molar-refractivity contribution >= 4 is 40.1 Å². The lowest BCUT2D eigenvalue weighted by atomic mass is 9.77. The lowest BCUT2D eigenvalue weighted by molar-refractivity contribution is 0.102. The Kier molecular flexibility index (Phi) is 13.6. The number of nitrogens with zero attached hydrogens (tertiary/aromatic N) is 2. The van der Waals surface area contributed by atoms with Gasteiger partial charge in [0.25, 0.3) is 5.91 Å². The van der Waals surface area contributed by atoms with Gasteiger partial charge in [-0.3, -0.25) is 9.59 Å². The highest BCUT2D eigenvalue weighted by atomic mass is 32.2. The molecule has 7 rings (SSSR count). The molecule has 1 heterocycles. The molecule has 4 aromatic rings. The quantitative estimate of drug-likeness (QED) is 0.104. The van der Waals surface area contributed by atoms with E-state index in [0.29, 0.717) is 51.9 Å². The first-order valence-corrected chi connectivity index (χ1v) is 22.7. The van der Waals surface area contributed by atoms with Gasteiger partial charge in [-0.25, -0.2) is 4.98 Å².